The van der Waals surface area contributed by atoms with E-state index in [-0.39, 0.29) is 11.5 Å². The van der Waals surface area contributed by atoms with Crippen LogP contribution in [0.15, 0.2) is 5.38 Å². The third kappa shape index (κ3) is 2.53. The minimum absolute atomic E-state index is 0.0656. The Bertz CT molecular complexity index is 354. The van der Waals surface area contributed by atoms with Crippen molar-refractivity contribution < 1.29 is 5.11 Å². The molecular weight excluding hydrogens is 222 g/mol. The van der Waals surface area contributed by atoms with Crippen molar-refractivity contribution in [3.63, 3.8) is 0 Å². The van der Waals surface area contributed by atoms with Crippen molar-refractivity contribution in [1.29, 1.82) is 0 Å². The molecule has 0 radical (unpaired) electrons. The van der Waals surface area contributed by atoms with Gasteiger partial charge >= 0.3 is 0 Å². The van der Waals surface area contributed by atoms with Gasteiger partial charge in [0.05, 0.1) is 11.7 Å². The highest BCUT2D eigenvalue weighted by atomic mass is 32.1. The number of anilines is 1. The van der Waals surface area contributed by atoms with E-state index in [2.05, 4.69) is 36.4 Å². The smallest absolute Gasteiger partial charge is 0.184 e. The third-order valence-electron chi connectivity index (χ3n) is 2.79. The summed E-state index contributed by atoms with van der Waals surface area (Å²) >= 11 is 1.55. The molecule has 1 aliphatic rings. The summed E-state index contributed by atoms with van der Waals surface area (Å²) in [7, 11) is 0. The van der Waals surface area contributed by atoms with Crippen molar-refractivity contribution in [3.8, 4) is 0 Å². The van der Waals surface area contributed by atoms with Crippen molar-refractivity contribution in [3.05, 3.63) is 11.1 Å². The van der Waals surface area contributed by atoms with Gasteiger partial charge in [0.25, 0.3) is 0 Å². The lowest BCUT2D eigenvalue weighted by Crippen LogP contribution is -2.53. The normalized spacial score (nSPS) is 22.6. The topological polar surface area (TPSA) is 57.2 Å². The second kappa shape index (κ2) is 4.31. The molecule has 0 aliphatic carbocycles. The first kappa shape index (κ1) is 11.8. The Morgan fingerprint density at radius 2 is 2.31 bits per heavy atom. The molecule has 1 unspecified atom stereocenters. The van der Waals surface area contributed by atoms with Crippen molar-refractivity contribution in [1.82, 2.24) is 10.3 Å². The summed E-state index contributed by atoms with van der Waals surface area (Å²) in [6, 6.07) is 0.169. The predicted molar refractivity (Wildman–Crippen MR) is 66.9 cm³/mol. The zero-order valence-corrected chi connectivity index (χ0v) is 10.8. The molecule has 0 bridgehead atoms. The van der Waals surface area contributed by atoms with Gasteiger partial charge < -0.3 is 15.7 Å². The first-order valence-corrected chi connectivity index (χ1v) is 6.49. The van der Waals surface area contributed by atoms with Crippen LogP contribution in [0.2, 0.25) is 0 Å². The molecule has 1 aromatic heterocycles. The summed E-state index contributed by atoms with van der Waals surface area (Å²) in [5.74, 6) is 0. The van der Waals surface area contributed by atoms with E-state index in [9.17, 15) is 5.11 Å². The highest BCUT2D eigenvalue weighted by Gasteiger charge is 2.26. The van der Waals surface area contributed by atoms with Crippen LogP contribution in [0, 0.1) is 0 Å². The fourth-order valence-electron chi connectivity index (χ4n) is 1.49. The molecule has 2 rings (SSSR count). The Balaban J connectivity index is 1.97. The van der Waals surface area contributed by atoms with E-state index >= 15 is 0 Å². The van der Waals surface area contributed by atoms with Gasteiger partial charge in [-0.3, -0.25) is 0 Å². The monoisotopic (exact) mass is 241 g/mol. The fraction of sp³-hybridized carbons (Fsp3) is 0.727. The highest BCUT2D eigenvalue weighted by Crippen LogP contribution is 2.27. The van der Waals surface area contributed by atoms with Crippen LogP contribution in [0.4, 0.5) is 5.13 Å². The van der Waals surface area contributed by atoms with Gasteiger partial charge in [0.15, 0.2) is 5.13 Å². The molecule has 0 aromatic carbocycles. The highest BCUT2D eigenvalue weighted by molar-refractivity contribution is 7.13. The van der Waals surface area contributed by atoms with E-state index in [0.717, 1.165) is 23.8 Å². The second-order valence-corrected chi connectivity index (χ2v) is 6.08. The Morgan fingerprint density at radius 1 is 1.62 bits per heavy atom. The average molecular weight is 241 g/mol. The summed E-state index contributed by atoms with van der Waals surface area (Å²) in [6.45, 7) is 7.40. The van der Waals surface area contributed by atoms with E-state index in [0.29, 0.717) is 0 Å². The van der Waals surface area contributed by atoms with Gasteiger partial charge in [-0.2, -0.15) is 0 Å². The van der Waals surface area contributed by atoms with Crippen molar-refractivity contribution >= 4 is 16.5 Å². The van der Waals surface area contributed by atoms with Crippen molar-refractivity contribution in [2.24, 2.45) is 0 Å². The molecule has 1 fully saturated rings. The predicted octanol–water partition coefficient (Wildman–Crippen LogP) is 1.53. The van der Waals surface area contributed by atoms with Crippen molar-refractivity contribution in [2.75, 3.05) is 11.9 Å². The maximum absolute atomic E-state index is 9.83. The summed E-state index contributed by atoms with van der Waals surface area (Å²) < 4.78 is 0. The lowest BCUT2D eigenvalue weighted by molar-refractivity contribution is 0.119. The Labute approximate surface area is 100 Å². The number of rotatable bonds is 3. The molecule has 1 aliphatic heterocycles. The summed E-state index contributed by atoms with van der Waals surface area (Å²) in [4.78, 5) is 4.48. The Kier molecular flexibility index (Phi) is 3.19. The minimum Gasteiger partial charge on any atom is -0.372 e. The lowest BCUT2D eigenvalue weighted by atomic mass is 9.93. The van der Waals surface area contributed by atoms with E-state index < -0.39 is 6.23 Å². The SMILES string of the molecule is CC(C)(C)c1csc(NC(O)[C@@H]2CCN2)n1. The zero-order valence-electron chi connectivity index (χ0n) is 9.95. The maximum Gasteiger partial charge on any atom is 0.184 e. The van der Waals surface area contributed by atoms with Crippen LogP contribution in [0.25, 0.3) is 0 Å². The van der Waals surface area contributed by atoms with Crippen LogP contribution in [-0.4, -0.2) is 28.9 Å². The lowest BCUT2D eigenvalue weighted by Gasteiger charge is -2.32. The molecule has 1 aromatic rings. The first-order chi connectivity index (χ1) is 7.47. The number of nitrogens with zero attached hydrogens (tertiary/aromatic N) is 1. The molecule has 1 saturated heterocycles. The van der Waals surface area contributed by atoms with Gasteiger partial charge in [0.1, 0.15) is 6.23 Å². The fourth-order valence-corrected chi connectivity index (χ4v) is 2.46. The maximum atomic E-state index is 9.83. The molecule has 0 spiro atoms. The Hall–Kier alpha value is -0.650. The van der Waals surface area contributed by atoms with Crippen LogP contribution in [-0.2, 0) is 5.41 Å². The molecule has 90 valence electrons. The Morgan fingerprint density at radius 3 is 2.75 bits per heavy atom. The van der Waals surface area contributed by atoms with E-state index in [1.54, 1.807) is 11.3 Å². The number of hydrogen-bond acceptors (Lipinski definition) is 5. The van der Waals surface area contributed by atoms with Gasteiger partial charge in [0.2, 0.25) is 0 Å². The number of aromatic nitrogens is 1. The number of aliphatic hydroxyl groups excluding tert-OH is 1. The van der Waals surface area contributed by atoms with Gasteiger partial charge in [-0.25, -0.2) is 4.98 Å². The average Bonchev–Trinajstić information content (AvgIpc) is 2.47. The summed E-state index contributed by atoms with van der Waals surface area (Å²) in [6.07, 6.45) is 0.485. The van der Waals surface area contributed by atoms with E-state index in [1.165, 1.54) is 0 Å². The molecule has 3 N–H and O–H groups in total. The third-order valence-corrected chi connectivity index (χ3v) is 3.56. The molecule has 0 saturated carbocycles. The number of hydrogen-bond donors (Lipinski definition) is 3. The number of aliphatic hydroxyl groups is 1. The molecular formula is C11H19N3OS. The molecule has 16 heavy (non-hydrogen) atoms. The quantitative estimate of drug-likeness (QED) is 0.703. The first-order valence-electron chi connectivity index (χ1n) is 5.61. The summed E-state index contributed by atoms with van der Waals surface area (Å²) in [5, 5.41) is 18.9. The van der Waals surface area contributed by atoms with Gasteiger partial charge in [0, 0.05) is 10.8 Å². The molecule has 2 heterocycles. The van der Waals surface area contributed by atoms with E-state index in [1.807, 2.05) is 5.38 Å². The molecule has 5 heteroatoms. The standard InChI is InChI=1S/C11H19N3OS/c1-11(2,3)8-6-16-10(13-8)14-9(15)7-4-5-12-7/h6-7,9,12,15H,4-5H2,1-3H3,(H,13,14)/t7-,9?/m0/s1. The van der Waals surface area contributed by atoms with Crippen LogP contribution < -0.4 is 10.6 Å². The number of nitrogens with one attached hydrogen (secondary N) is 2. The van der Waals surface area contributed by atoms with Gasteiger partial charge in [-0.15, -0.1) is 11.3 Å². The molecule has 0 amide bonds. The van der Waals surface area contributed by atoms with E-state index in [4.69, 9.17) is 0 Å². The van der Waals surface area contributed by atoms with Crippen LogP contribution >= 0.6 is 11.3 Å². The molecule has 4 nitrogen and oxygen atoms in total. The molecule has 2 atom stereocenters. The van der Waals surface area contributed by atoms with Gasteiger partial charge in [-0.1, -0.05) is 20.8 Å². The van der Waals surface area contributed by atoms with Crippen LogP contribution in [0.3, 0.4) is 0 Å². The second-order valence-electron chi connectivity index (χ2n) is 5.23. The minimum atomic E-state index is -0.535. The van der Waals surface area contributed by atoms with Crippen LogP contribution in [0.5, 0.6) is 0 Å². The van der Waals surface area contributed by atoms with Crippen molar-refractivity contribution in [2.45, 2.75) is 44.9 Å². The number of thiazole rings is 1. The van der Waals surface area contributed by atoms with Crippen LogP contribution in [0.1, 0.15) is 32.9 Å². The van der Waals surface area contributed by atoms with Gasteiger partial charge in [-0.05, 0) is 13.0 Å². The largest absolute Gasteiger partial charge is 0.372 e. The summed E-state index contributed by atoms with van der Waals surface area (Å²) in [5.41, 5.74) is 1.13. The zero-order chi connectivity index (χ0) is 11.8.